The van der Waals surface area contributed by atoms with Crippen LogP contribution in [-0.4, -0.2) is 30.5 Å². The number of carbonyl (C=O) groups is 1. The zero-order chi connectivity index (χ0) is 19.8. The van der Waals surface area contributed by atoms with Crippen LogP contribution < -0.4 is 4.74 Å². The van der Waals surface area contributed by atoms with Crippen LogP contribution >= 0.6 is 0 Å². The van der Waals surface area contributed by atoms with Gasteiger partial charge in [-0.25, -0.2) is 0 Å². The molecule has 0 heterocycles. The van der Waals surface area contributed by atoms with Crippen LogP contribution in [0.4, 0.5) is 0 Å². The molecule has 4 heteroatoms. The maximum Gasteiger partial charge on any atom is 0.223 e. The fraction of sp³-hybridized carbons (Fsp3) is 0.391. The summed E-state index contributed by atoms with van der Waals surface area (Å²) in [6.07, 6.45) is 0.840. The lowest BCUT2D eigenvalue weighted by Gasteiger charge is -2.22. The van der Waals surface area contributed by atoms with Crippen molar-refractivity contribution in [3.05, 3.63) is 65.2 Å². The molecule has 2 aromatic carbocycles. The highest BCUT2D eigenvalue weighted by atomic mass is 16.5. The van der Waals surface area contributed by atoms with Gasteiger partial charge in [-0.1, -0.05) is 42.0 Å². The molecule has 0 spiro atoms. The number of nitriles is 1. The van der Waals surface area contributed by atoms with Gasteiger partial charge in [0.1, 0.15) is 5.75 Å². The van der Waals surface area contributed by atoms with Crippen LogP contribution in [0.2, 0.25) is 0 Å². The van der Waals surface area contributed by atoms with Gasteiger partial charge in [0.2, 0.25) is 5.91 Å². The predicted molar refractivity (Wildman–Crippen MR) is 108 cm³/mol. The van der Waals surface area contributed by atoms with E-state index in [9.17, 15) is 4.79 Å². The third kappa shape index (κ3) is 6.14. The first-order valence-corrected chi connectivity index (χ1v) is 9.34. The Kier molecular flexibility index (Phi) is 7.43. The molecule has 2 rings (SSSR count). The highest BCUT2D eigenvalue weighted by Gasteiger charge is 2.20. The molecule has 0 fully saturated rings. The van der Waals surface area contributed by atoms with Gasteiger partial charge in [0.25, 0.3) is 0 Å². The molecular formula is C23H28N2O2. The van der Waals surface area contributed by atoms with Crippen LogP contribution in [0, 0.1) is 18.3 Å². The molecule has 1 atom stereocenters. The van der Waals surface area contributed by atoms with Crippen LogP contribution in [0.15, 0.2) is 48.5 Å². The van der Waals surface area contributed by atoms with Gasteiger partial charge in [-0.05, 0) is 44.0 Å². The first-order chi connectivity index (χ1) is 12.9. The van der Waals surface area contributed by atoms with Gasteiger partial charge >= 0.3 is 0 Å². The second kappa shape index (κ2) is 9.78. The van der Waals surface area contributed by atoms with Gasteiger partial charge in [0.05, 0.1) is 18.6 Å². The molecule has 0 aliphatic heterocycles. The Balaban J connectivity index is 2.26. The van der Waals surface area contributed by atoms with Crippen LogP contribution in [0.1, 0.15) is 49.3 Å². The van der Waals surface area contributed by atoms with E-state index in [1.807, 2.05) is 38.1 Å². The number of aryl methyl sites for hydroxylation is 1. The Labute approximate surface area is 162 Å². The number of hydrogen-bond donors (Lipinski definition) is 0. The molecule has 0 aliphatic rings. The van der Waals surface area contributed by atoms with E-state index in [0.29, 0.717) is 19.4 Å². The topological polar surface area (TPSA) is 53.3 Å². The minimum atomic E-state index is -0.0317. The third-order valence-corrected chi connectivity index (χ3v) is 4.50. The second-order valence-electron chi connectivity index (χ2n) is 7.13. The Morgan fingerprint density at radius 2 is 1.63 bits per heavy atom. The SMILES string of the molecule is Cc1ccc([C@@H](CC(=O)N(C)CCC#N)c2ccc(OC(C)C)cc2)cc1. The molecule has 0 saturated heterocycles. The number of nitrogens with zero attached hydrogens (tertiary/aromatic N) is 2. The molecule has 0 bridgehead atoms. The number of benzene rings is 2. The summed E-state index contributed by atoms with van der Waals surface area (Å²) >= 11 is 0. The highest BCUT2D eigenvalue weighted by molar-refractivity contribution is 5.77. The zero-order valence-electron chi connectivity index (χ0n) is 16.6. The number of ether oxygens (including phenoxy) is 1. The maximum atomic E-state index is 12.7. The van der Waals surface area contributed by atoms with Crippen molar-refractivity contribution in [2.24, 2.45) is 0 Å². The third-order valence-electron chi connectivity index (χ3n) is 4.50. The quantitative estimate of drug-likeness (QED) is 0.683. The fourth-order valence-electron chi connectivity index (χ4n) is 2.95. The molecule has 2 aromatic rings. The summed E-state index contributed by atoms with van der Waals surface area (Å²) in [5.74, 6) is 0.836. The molecule has 4 nitrogen and oxygen atoms in total. The minimum Gasteiger partial charge on any atom is -0.491 e. The van der Waals surface area contributed by atoms with E-state index in [1.54, 1.807) is 11.9 Å². The van der Waals surface area contributed by atoms with Crippen LogP contribution in [0.5, 0.6) is 5.75 Å². The van der Waals surface area contributed by atoms with E-state index < -0.39 is 0 Å². The Morgan fingerprint density at radius 3 is 2.15 bits per heavy atom. The van der Waals surface area contributed by atoms with Crippen molar-refractivity contribution in [1.29, 1.82) is 5.26 Å². The molecule has 0 unspecified atom stereocenters. The Morgan fingerprint density at radius 1 is 1.07 bits per heavy atom. The first-order valence-electron chi connectivity index (χ1n) is 9.34. The summed E-state index contributed by atoms with van der Waals surface area (Å²) in [6.45, 7) is 6.51. The average molecular weight is 364 g/mol. The monoisotopic (exact) mass is 364 g/mol. The molecule has 0 saturated carbocycles. The summed E-state index contributed by atoms with van der Waals surface area (Å²) < 4.78 is 5.73. The summed E-state index contributed by atoms with van der Waals surface area (Å²) in [5, 5.41) is 8.75. The van der Waals surface area contributed by atoms with Crippen molar-refractivity contribution in [2.45, 2.75) is 45.6 Å². The standard InChI is InChI=1S/C23H28N2O2/c1-17(2)27-21-12-10-20(11-13-21)22(19-8-6-18(3)7-9-19)16-23(26)25(4)15-5-14-24/h6-13,17,22H,5,15-16H2,1-4H3/t22-/m1/s1. The lowest BCUT2D eigenvalue weighted by atomic mass is 9.87. The van der Waals surface area contributed by atoms with E-state index in [2.05, 4.69) is 37.3 Å². The van der Waals surface area contributed by atoms with E-state index in [1.165, 1.54) is 5.56 Å². The largest absolute Gasteiger partial charge is 0.491 e. The van der Waals surface area contributed by atoms with Crippen molar-refractivity contribution < 1.29 is 9.53 Å². The van der Waals surface area contributed by atoms with E-state index >= 15 is 0 Å². The van der Waals surface area contributed by atoms with Gasteiger partial charge in [0, 0.05) is 25.9 Å². The first kappa shape index (κ1) is 20.5. The summed E-state index contributed by atoms with van der Waals surface area (Å²) in [4.78, 5) is 14.3. The second-order valence-corrected chi connectivity index (χ2v) is 7.13. The lowest BCUT2D eigenvalue weighted by molar-refractivity contribution is -0.130. The summed E-state index contributed by atoms with van der Waals surface area (Å²) in [5.41, 5.74) is 3.38. The number of carbonyl (C=O) groups excluding carboxylic acids is 1. The van der Waals surface area contributed by atoms with Crippen molar-refractivity contribution in [1.82, 2.24) is 4.90 Å². The van der Waals surface area contributed by atoms with E-state index in [-0.39, 0.29) is 17.9 Å². The maximum absolute atomic E-state index is 12.7. The van der Waals surface area contributed by atoms with Gasteiger partial charge in [0.15, 0.2) is 0 Å². The Hall–Kier alpha value is -2.80. The molecule has 0 aliphatic carbocycles. The van der Waals surface area contributed by atoms with Crippen LogP contribution in [0.25, 0.3) is 0 Å². The zero-order valence-corrected chi connectivity index (χ0v) is 16.6. The van der Waals surface area contributed by atoms with Gasteiger partial charge in [-0.3, -0.25) is 4.79 Å². The Bertz CT molecular complexity index is 774. The predicted octanol–water partition coefficient (Wildman–Crippen LogP) is 4.68. The number of amides is 1. The van der Waals surface area contributed by atoms with Crippen molar-refractivity contribution in [3.63, 3.8) is 0 Å². The number of hydrogen-bond acceptors (Lipinski definition) is 3. The highest BCUT2D eigenvalue weighted by Crippen LogP contribution is 2.30. The van der Waals surface area contributed by atoms with Gasteiger partial charge in [-0.2, -0.15) is 5.26 Å². The molecule has 27 heavy (non-hydrogen) atoms. The molecule has 0 N–H and O–H groups in total. The van der Waals surface area contributed by atoms with E-state index in [4.69, 9.17) is 10.00 Å². The molecule has 1 amide bonds. The smallest absolute Gasteiger partial charge is 0.223 e. The van der Waals surface area contributed by atoms with Crippen LogP contribution in [0.3, 0.4) is 0 Å². The molecule has 142 valence electrons. The van der Waals surface area contributed by atoms with E-state index in [0.717, 1.165) is 16.9 Å². The average Bonchev–Trinajstić information content (AvgIpc) is 2.65. The lowest BCUT2D eigenvalue weighted by Crippen LogP contribution is -2.29. The molecular weight excluding hydrogens is 336 g/mol. The normalized spacial score (nSPS) is 11.7. The van der Waals surface area contributed by atoms with Crippen LogP contribution in [-0.2, 0) is 4.79 Å². The minimum absolute atomic E-state index is 0.0317. The van der Waals surface area contributed by atoms with Crippen molar-refractivity contribution >= 4 is 5.91 Å². The van der Waals surface area contributed by atoms with Crippen molar-refractivity contribution in [3.8, 4) is 11.8 Å². The fourth-order valence-corrected chi connectivity index (χ4v) is 2.95. The summed E-state index contributed by atoms with van der Waals surface area (Å²) in [7, 11) is 1.76. The van der Waals surface area contributed by atoms with Gasteiger partial charge < -0.3 is 9.64 Å². The molecule has 0 radical (unpaired) electrons. The van der Waals surface area contributed by atoms with Crippen molar-refractivity contribution in [2.75, 3.05) is 13.6 Å². The van der Waals surface area contributed by atoms with Gasteiger partial charge in [-0.15, -0.1) is 0 Å². The summed E-state index contributed by atoms with van der Waals surface area (Å²) in [6, 6.07) is 18.4. The number of rotatable bonds is 8. The molecule has 0 aromatic heterocycles.